The highest BCUT2D eigenvalue weighted by atomic mass is 16.6. The molecule has 0 spiro atoms. The Hall–Kier alpha value is -4.08. The second kappa shape index (κ2) is 17.4. The highest BCUT2D eigenvalue weighted by Gasteiger charge is 2.30. The van der Waals surface area contributed by atoms with Crippen molar-refractivity contribution in [2.45, 2.75) is 64.8 Å². The molecule has 0 aliphatic heterocycles. The van der Waals surface area contributed by atoms with E-state index in [1.165, 1.54) is 7.11 Å². The molecule has 0 radical (unpaired) electrons. The molecule has 10 nitrogen and oxygen atoms in total. The van der Waals surface area contributed by atoms with Gasteiger partial charge >= 0.3 is 18.2 Å². The first-order valence-corrected chi connectivity index (χ1v) is 13.1. The molecular formula is C29H39N3O7. The molecule has 0 bridgehead atoms. The van der Waals surface area contributed by atoms with E-state index in [2.05, 4.69) is 16.0 Å². The van der Waals surface area contributed by atoms with Crippen LogP contribution < -0.4 is 16.0 Å². The maximum absolute atomic E-state index is 13.1. The summed E-state index contributed by atoms with van der Waals surface area (Å²) in [6.45, 7) is 4.29. The van der Waals surface area contributed by atoms with Crippen LogP contribution in [0.25, 0.3) is 0 Å². The fourth-order valence-electron chi connectivity index (χ4n) is 3.66. The molecule has 0 aromatic heterocycles. The van der Waals surface area contributed by atoms with Crippen LogP contribution in [0, 0.1) is 5.92 Å². The number of ether oxygens (including phenoxy) is 3. The van der Waals surface area contributed by atoms with Crippen LogP contribution in [0.3, 0.4) is 0 Å². The summed E-state index contributed by atoms with van der Waals surface area (Å²) in [5, 5.41) is 8.00. The van der Waals surface area contributed by atoms with E-state index in [9.17, 15) is 19.2 Å². The molecule has 2 aromatic rings. The van der Waals surface area contributed by atoms with Gasteiger partial charge in [0.1, 0.15) is 25.3 Å². The second-order valence-corrected chi connectivity index (χ2v) is 9.14. The Morgan fingerprint density at radius 1 is 0.795 bits per heavy atom. The maximum Gasteiger partial charge on any atom is 0.408 e. The summed E-state index contributed by atoms with van der Waals surface area (Å²) in [5.41, 5.74) is 1.69. The number of alkyl carbamates (subject to hydrolysis) is 2. The standard InChI is InChI=1S/C29H39N3O7/c1-4-21(2)25(27(34)37-3)32-26(33)24(31-29(36)39-20-23-15-9-6-10-16-23)17-11-12-18-30-28(35)38-19-22-13-7-5-8-14-22/h5-10,13-16,21,24-25H,4,11-12,17-20H2,1-3H3,(H,30,35)(H,31,36)(H,32,33). The molecule has 0 heterocycles. The number of unbranched alkanes of at least 4 members (excludes halogenated alkanes) is 1. The van der Waals surface area contributed by atoms with Gasteiger partial charge in [0.15, 0.2) is 0 Å². The van der Waals surface area contributed by atoms with Gasteiger partial charge in [-0.1, -0.05) is 80.9 Å². The molecule has 0 saturated heterocycles. The molecule has 0 fully saturated rings. The third-order valence-corrected chi connectivity index (χ3v) is 6.19. The third kappa shape index (κ3) is 11.9. The number of carbonyl (C=O) groups is 4. The molecule has 2 rings (SSSR count). The molecule has 0 aliphatic carbocycles. The maximum atomic E-state index is 13.1. The molecule has 0 aliphatic rings. The van der Waals surface area contributed by atoms with Crippen LogP contribution in [-0.4, -0.2) is 49.8 Å². The van der Waals surface area contributed by atoms with Gasteiger partial charge in [-0.25, -0.2) is 14.4 Å². The fourth-order valence-corrected chi connectivity index (χ4v) is 3.66. The number of methoxy groups -OCH3 is 1. The quantitative estimate of drug-likeness (QED) is 0.176. The summed E-state index contributed by atoms with van der Waals surface area (Å²) in [4.78, 5) is 49.8. The Bertz CT molecular complexity index is 1030. The van der Waals surface area contributed by atoms with Crippen LogP contribution in [0.4, 0.5) is 9.59 Å². The zero-order valence-electron chi connectivity index (χ0n) is 22.8. The molecule has 3 N–H and O–H groups in total. The fraction of sp³-hybridized carbons (Fsp3) is 0.448. The lowest BCUT2D eigenvalue weighted by Gasteiger charge is -2.25. The molecule has 212 valence electrons. The van der Waals surface area contributed by atoms with Crippen molar-refractivity contribution in [1.29, 1.82) is 0 Å². The Morgan fingerprint density at radius 2 is 1.36 bits per heavy atom. The van der Waals surface area contributed by atoms with Crippen LogP contribution in [0.5, 0.6) is 0 Å². The van der Waals surface area contributed by atoms with Crippen molar-refractivity contribution in [2.75, 3.05) is 13.7 Å². The van der Waals surface area contributed by atoms with Crippen LogP contribution in [-0.2, 0) is 37.0 Å². The van der Waals surface area contributed by atoms with Gasteiger partial charge in [-0.15, -0.1) is 0 Å². The number of amides is 3. The van der Waals surface area contributed by atoms with Crippen LogP contribution in [0.15, 0.2) is 60.7 Å². The first kappa shape index (κ1) is 31.1. The predicted octanol–water partition coefficient (Wildman–Crippen LogP) is 4.08. The lowest BCUT2D eigenvalue weighted by atomic mass is 9.98. The largest absolute Gasteiger partial charge is 0.467 e. The molecule has 3 amide bonds. The first-order chi connectivity index (χ1) is 18.8. The SMILES string of the molecule is CCC(C)C(NC(=O)C(CCCCNC(=O)OCc1ccccc1)NC(=O)OCc1ccccc1)C(=O)OC. The van der Waals surface area contributed by atoms with Crippen molar-refractivity contribution in [3.05, 3.63) is 71.8 Å². The molecule has 3 unspecified atom stereocenters. The lowest BCUT2D eigenvalue weighted by molar-refractivity contribution is -0.146. The van der Waals surface area contributed by atoms with E-state index < -0.39 is 36.1 Å². The number of carbonyl (C=O) groups excluding carboxylic acids is 4. The van der Waals surface area contributed by atoms with Gasteiger partial charge in [-0.05, 0) is 36.3 Å². The molecule has 3 atom stereocenters. The Balaban J connectivity index is 1.88. The molecular weight excluding hydrogens is 502 g/mol. The van der Waals surface area contributed by atoms with Gasteiger partial charge in [0, 0.05) is 6.54 Å². The van der Waals surface area contributed by atoms with Crippen molar-refractivity contribution in [3.8, 4) is 0 Å². The number of hydrogen-bond donors (Lipinski definition) is 3. The minimum atomic E-state index is -0.950. The minimum Gasteiger partial charge on any atom is -0.467 e. The summed E-state index contributed by atoms with van der Waals surface area (Å²) >= 11 is 0. The number of rotatable bonds is 15. The normalized spacial score (nSPS) is 12.8. The highest BCUT2D eigenvalue weighted by Crippen LogP contribution is 2.11. The van der Waals surface area contributed by atoms with Crippen molar-refractivity contribution >= 4 is 24.1 Å². The lowest BCUT2D eigenvalue weighted by Crippen LogP contribution is -2.53. The van der Waals surface area contributed by atoms with Crippen molar-refractivity contribution < 1.29 is 33.4 Å². The Labute approximate surface area is 229 Å². The van der Waals surface area contributed by atoms with Gasteiger partial charge in [0.05, 0.1) is 7.11 Å². The monoisotopic (exact) mass is 541 g/mol. The van der Waals surface area contributed by atoms with E-state index in [4.69, 9.17) is 14.2 Å². The van der Waals surface area contributed by atoms with E-state index in [0.717, 1.165) is 11.1 Å². The molecule has 10 heteroatoms. The van der Waals surface area contributed by atoms with Crippen molar-refractivity contribution in [2.24, 2.45) is 5.92 Å². The topological polar surface area (TPSA) is 132 Å². The van der Waals surface area contributed by atoms with Gasteiger partial charge in [-0.2, -0.15) is 0 Å². The van der Waals surface area contributed by atoms with Crippen molar-refractivity contribution in [1.82, 2.24) is 16.0 Å². The summed E-state index contributed by atoms with van der Waals surface area (Å²) in [6.07, 6.45) is 0.661. The zero-order chi connectivity index (χ0) is 28.5. The van der Waals surface area contributed by atoms with E-state index in [1.54, 1.807) is 0 Å². The average Bonchev–Trinajstić information content (AvgIpc) is 2.97. The van der Waals surface area contributed by atoms with Crippen LogP contribution in [0.1, 0.15) is 50.7 Å². The van der Waals surface area contributed by atoms with E-state index >= 15 is 0 Å². The summed E-state index contributed by atoms with van der Waals surface area (Å²) in [6, 6.07) is 16.7. The third-order valence-electron chi connectivity index (χ3n) is 6.19. The summed E-state index contributed by atoms with van der Waals surface area (Å²) in [7, 11) is 1.26. The van der Waals surface area contributed by atoms with Crippen LogP contribution in [0.2, 0.25) is 0 Å². The molecule has 0 saturated carbocycles. The van der Waals surface area contributed by atoms with Gasteiger partial charge in [0.2, 0.25) is 5.91 Å². The smallest absolute Gasteiger partial charge is 0.408 e. The van der Waals surface area contributed by atoms with Crippen LogP contribution >= 0.6 is 0 Å². The summed E-state index contributed by atoms with van der Waals surface area (Å²) < 4.78 is 15.3. The Kier molecular flexibility index (Phi) is 13.9. The van der Waals surface area contributed by atoms with Gasteiger partial charge in [0.25, 0.3) is 0 Å². The number of benzene rings is 2. The second-order valence-electron chi connectivity index (χ2n) is 9.14. The van der Waals surface area contributed by atoms with E-state index in [-0.39, 0.29) is 25.6 Å². The van der Waals surface area contributed by atoms with E-state index in [0.29, 0.717) is 25.8 Å². The molecule has 2 aromatic carbocycles. The average molecular weight is 542 g/mol. The summed E-state index contributed by atoms with van der Waals surface area (Å²) in [5.74, 6) is -1.24. The Morgan fingerprint density at radius 3 is 1.90 bits per heavy atom. The zero-order valence-corrected chi connectivity index (χ0v) is 22.8. The number of nitrogens with one attached hydrogen (secondary N) is 3. The van der Waals surface area contributed by atoms with Gasteiger partial charge in [-0.3, -0.25) is 4.79 Å². The number of hydrogen-bond acceptors (Lipinski definition) is 7. The molecule has 39 heavy (non-hydrogen) atoms. The predicted molar refractivity (Wildman–Crippen MR) is 145 cm³/mol. The first-order valence-electron chi connectivity index (χ1n) is 13.1. The minimum absolute atomic E-state index is 0.0493. The number of esters is 1. The van der Waals surface area contributed by atoms with Gasteiger partial charge < -0.3 is 30.2 Å². The highest BCUT2D eigenvalue weighted by molar-refractivity contribution is 5.89. The van der Waals surface area contributed by atoms with Crippen molar-refractivity contribution in [3.63, 3.8) is 0 Å². The van der Waals surface area contributed by atoms with E-state index in [1.807, 2.05) is 74.5 Å².